The van der Waals surface area contributed by atoms with Gasteiger partial charge in [-0.05, 0) is 52.1 Å². The molecule has 1 rings (SSSR count). The highest BCUT2D eigenvalue weighted by Gasteiger charge is 2.18. The van der Waals surface area contributed by atoms with Crippen LogP contribution in [0, 0.1) is 0 Å². The van der Waals surface area contributed by atoms with Gasteiger partial charge in [-0.25, -0.2) is 0 Å². The van der Waals surface area contributed by atoms with Gasteiger partial charge in [-0.1, -0.05) is 26.8 Å². The number of hydrogen-bond donors (Lipinski definition) is 1. The van der Waals surface area contributed by atoms with Crippen LogP contribution < -0.4 is 5.32 Å². The van der Waals surface area contributed by atoms with Gasteiger partial charge in [0.05, 0.1) is 6.04 Å². The van der Waals surface area contributed by atoms with Crippen LogP contribution in [0.1, 0.15) is 65.3 Å². The van der Waals surface area contributed by atoms with Crippen molar-refractivity contribution in [3.8, 4) is 0 Å². The summed E-state index contributed by atoms with van der Waals surface area (Å²) in [6.45, 7) is 13.8. The van der Waals surface area contributed by atoms with E-state index in [1.807, 2.05) is 20.9 Å². The van der Waals surface area contributed by atoms with Crippen molar-refractivity contribution in [3.05, 3.63) is 22.4 Å². The smallest absolute Gasteiger partial charge is 0.0787 e. The van der Waals surface area contributed by atoms with Gasteiger partial charge < -0.3 is 5.32 Å². The van der Waals surface area contributed by atoms with Gasteiger partial charge in [-0.15, -0.1) is 11.3 Å². The lowest BCUT2D eigenvalue weighted by Crippen LogP contribution is -2.30. The minimum atomic E-state index is 0.344. The molecule has 0 spiro atoms. The van der Waals surface area contributed by atoms with Crippen LogP contribution in [0.4, 0.5) is 0 Å². The Morgan fingerprint density at radius 1 is 1.33 bits per heavy atom. The zero-order valence-corrected chi connectivity index (χ0v) is 15.6. The molecule has 1 aromatic rings. The lowest BCUT2D eigenvalue weighted by Gasteiger charge is -2.30. The number of nitrogens with one attached hydrogen (secondary N) is 1. The zero-order valence-electron chi connectivity index (χ0n) is 14.8. The summed E-state index contributed by atoms with van der Waals surface area (Å²) in [4.78, 5) is 1.38. The first kappa shape index (κ1) is 20.1. The predicted octanol–water partition coefficient (Wildman–Crippen LogP) is 4.92. The van der Waals surface area contributed by atoms with Crippen molar-refractivity contribution >= 4 is 17.0 Å². The second kappa shape index (κ2) is 11.8. The van der Waals surface area contributed by atoms with E-state index in [9.17, 15) is 0 Å². The van der Waals surface area contributed by atoms with Crippen LogP contribution in [-0.4, -0.2) is 30.4 Å². The Labute approximate surface area is 135 Å². The molecule has 1 heterocycles. The summed E-state index contributed by atoms with van der Waals surface area (Å²) >= 11 is 1.81. The van der Waals surface area contributed by atoms with Crippen molar-refractivity contribution in [2.45, 2.75) is 66.5 Å². The van der Waals surface area contributed by atoms with E-state index in [1.165, 1.54) is 10.6 Å². The van der Waals surface area contributed by atoms with Crippen LogP contribution in [-0.2, 0) is 0 Å². The minimum absolute atomic E-state index is 0.344. The maximum absolute atomic E-state index is 4.90. The Bertz CT molecular complexity index is 371. The van der Waals surface area contributed by atoms with Crippen molar-refractivity contribution in [3.63, 3.8) is 0 Å². The van der Waals surface area contributed by atoms with Crippen molar-refractivity contribution in [2.24, 2.45) is 5.10 Å². The molecule has 0 aliphatic heterocycles. The van der Waals surface area contributed by atoms with Crippen molar-refractivity contribution in [2.75, 3.05) is 13.6 Å². The van der Waals surface area contributed by atoms with Crippen molar-refractivity contribution in [1.82, 2.24) is 10.3 Å². The van der Waals surface area contributed by atoms with Gasteiger partial charge in [0.2, 0.25) is 0 Å². The summed E-state index contributed by atoms with van der Waals surface area (Å²) < 4.78 is 0. The topological polar surface area (TPSA) is 27.6 Å². The molecular formula is C17H33N3S. The van der Waals surface area contributed by atoms with Gasteiger partial charge in [-0.2, -0.15) is 5.10 Å². The van der Waals surface area contributed by atoms with E-state index in [0.717, 1.165) is 19.4 Å². The first-order chi connectivity index (χ1) is 10.1. The summed E-state index contributed by atoms with van der Waals surface area (Å²) in [5.74, 6) is 0. The third-order valence-corrected chi connectivity index (χ3v) is 4.25. The molecule has 21 heavy (non-hydrogen) atoms. The maximum Gasteiger partial charge on any atom is 0.0787 e. The van der Waals surface area contributed by atoms with Gasteiger partial charge in [-0.3, -0.25) is 5.01 Å². The van der Waals surface area contributed by atoms with Gasteiger partial charge in [0, 0.05) is 23.2 Å². The first-order valence-electron chi connectivity index (χ1n) is 8.12. The molecule has 0 aliphatic rings. The predicted molar refractivity (Wildman–Crippen MR) is 97.3 cm³/mol. The largest absolute Gasteiger partial charge is 0.319 e. The molecule has 1 aromatic heterocycles. The molecule has 0 bridgehead atoms. The third-order valence-electron chi connectivity index (χ3n) is 3.21. The van der Waals surface area contributed by atoms with Crippen LogP contribution in [0.3, 0.4) is 0 Å². The molecule has 0 aromatic carbocycles. The summed E-state index contributed by atoms with van der Waals surface area (Å²) in [5, 5.41) is 12.5. The molecule has 1 N–H and O–H groups in total. The molecular weight excluding hydrogens is 278 g/mol. The molecule has 0 radical (unpaired) electrons. The van der Waals surface area contributed by atoms with E-state index in [0.29, 0.717) is 12.1 Å². The SMILES string of the molecule is CC.CC/C(CCNC)=N\N(C(C)C)C(C)c1cccs1. The second-order valence-electron chi connectivity index (χ2n) is 5.04. The number of rotatable bonds is 8. The molecule has 0 amide bonds. The van der Waals surface area contributed by atoms with E-state index >= 15 is 0 Å². The fourth-order valence-corrected chi connectivity index (χ4v) is 2.82. The van der Waals surface area contributed by atoms with E-state index in [1.54, 1.807) is 11.3 Å². The Kier molecular flexibility index (Phi) is 11.3. The maximum atomic E-state index is 4.90. The normalized spacial score (nSPS) is 12.9. The molecule has 3 nitrogen and oxygen atoms in total. The molecule has 0 saturated heterocycles. The zero-order chi connectivity index (χ0) is 16.3. The van der Waals surface area contributed by atoms with Crippen molar-refractivity contribution in [1.29, 1.82) is 0 Å². The van der Waals surface area contributed by atoms with E-state index in [2.05, 4.69) is 55.5 Å². The van der Waals surface area contributed by atoms with Gasteiger partial charge >= 0.3 is 0 Å². The lowest BCUT2D eigenvalue weighted by molar-refractivity contribution is 0.174. The van der Waals surface area contributed by atoms with Crippen molar-refractivity contribution < 1.29 is 0 Å². The van der Waals surface area contributed by atoms with Crippen LogP contribution in [0.5, 0.6) is 0 Å². The number of thiophene rings is 1. The Hall–Kier alpha value is -0.870. The standard InChI is InChI=1S/C15H27N3S.C2H6/c1-6-14(9-10-16-5)17-18(12(2)3)13(4)15-8-7-11-19-15;1-2/h7-8,11-13,16H,6,9-10H2,1-5H3;1-2H3/b17-14+;. The molecule has 4 heteroatoms. The molecule has 122 valence electrons. The highest BCUT2D eigenvalue weighted by molar-refractivity contribution is 7.10. The highest BCUT2D eigenvalue weighted by atomic mass is 32.1. The second-order valence-corrected chi connectivity index (χ2v) is 6.02. The summed E-state index contributed by atoms with van der Waals surface area (Å²) in [6, 6.07) is 5.06. The quantitative estimate of drug-likeness (QED) is 0.545. The molecule has 0 fully saturated rings. The Morgan fingerprint density at radius 2 is 2.00 bits per heavy atom. The summed E-state index contributed by atoms with van der Waals surface area (Å²) in [5.41, 5.74) is 1.27. The highest BCUT2D eigenvalue weighted by Crippen LogP contribution is 2.26. The monoisotopic (exact) mass is 311 g/mol. The van der Waals surface area contributed by atoms with Gasteiger partial charge in [0.25, 0.3) is 0 Å². The molecule has 0 saturated carbocycles. The van der Waals surface area contributed by atoms with E-state index in [-0.39, 0.29) is 0 Å². The average molecular weight is 312 g/mol. The van der Waals surface area contributed by atoms with E-state index < -0.39 is 0 Å². The third kappa shape index (κ3) is 7.09. The number of hydrazone groups is 1. The summed E-state index contributed by atoms with van der Waals surface area (Å²) in [6.07, 6.45) is 2.04. The molecule has 1 atom stereocenters. The molecule has 0 aliphatic carbocycles. The lowest BCUT2D eigenvalue weighted by atomic mass is 10.2. The number of nitrogens with zero attached hydrogens (tertiary/aromatic N) is 2. The van der Waals surface area contributed by atoms with Crippen LogP contribution in [0.25, 0.3) is 0 Å². The number of hydrogen-bond acceptors (Lipinski definition) is 4. The first-order valence-corrected chi connectivity index (χ1v) is 9.00. The molecule has 1 unspecified atom stereocenters. The minimum Gasteiger partial charge on any atom is -0.319 e. The van der Waals surface area contributed by atoms with Gasteiger partial charge in [0.1, 0.15) is 0 Å². The van der Waals surface area contributed by atoms with Crippen LogP contribution in [0.2, 0.25) is 0 Å². The Morgan fingerprint density at radius 3 is 2.43 bits per heavy atom. The van der Waals surface area contributed by atoms with Gasteiger partial charge in [0.15, 0.2) is 0 Å². The average Bonchev–Trinajstić information content (AvgIpc) is 3.03. The van der Waals surface area contributed by atoms with Crippen LogP contribution >= 0.6 is 11.3 Å². The fraction of sp³-hybridized carbons (Fsp3) is 0.706. The van der Waals surface area contributed by atoms with E-state index in [4.69, 9.17) is 5.10 Å². The summed E-state index contributed by atoms with van der Waals surface area (Å²) in [7, 11) is 1.99. The fourth-order valence-electron chi connectivity index (χ4n) is 2.04. The van der Waals surface area contributed by atoms with Crippen LogP contribution in [0.15, 0.2) is 22.6 Å². The Balaban J connectivity index is 0.00000191.